The van der Waals surface area contributed by atoms with Crippen LogP contribution in [0.2, 0.25) is 10.0 Å². The minimum Gasteiger partial charge on any atom is -0.324 e. The fraction of sp³-hybridized carbons (Fsp3) is 0.333. The van der Waals surface area contributed by atoms with Crippen LogP contribution >= 0.6 is 23.2 Å². The maximum Gasteiger partial charge on any atom is 0.0439 e. The van der Waals surface area contributed by atoms with E-state index in [0.717, 1.165) is 5.56 Å². The monoisotopic (exact) mass is 321 g/mol. The van der Waals surface area contributed by atoms with E-state index in [9.17, 15) is 0 Å². The third kappa shape index (κ3) is 4.00. The predicted octanol–water partition coefficient (Wildman–Crippen LogP) is 5.53. The van der Waals surface area contributed by atoms with Gasteiger partial charge in [0.1, 0.15) is 0 Å². The number of hydrogen-bond acceptors (Lipinski definition) is 1. The quantitative estimate of drug-likeness (QED) is 0.789. The average molecular weight is 322 g/mol. The van der Waals surface area contributed by atoms with E-state index in [4.69, 9.17) is 28.9 Å². The molecular weight excluding hydrogens is 301 g/mol. The van der Waals surface area contributed by atoms with Crippen molar-refractivity contribution in [3.63, 3.8) is 0 Å². The molecule has 0 fully saturated rings. The number of benzene rings is 2. The summed E-state index contributed by atoms with van der Waals surface area (Å²) < 4.78 is 0. The first kappa shape index (κ1) is 16.4. The van der Waals surface area contributed by atoms with Gasteiger partial charge in [-0.3, -0.25) is 0 Å². The van der Waals surface area contributed by atoms with Crippen LogP contribution in [0, 0.1) is 0 Å². The average Bonchev–Trinajstić information content (AvgIpc) is 2.42. The van der Waals surface area contributed by atoms with Crippen molar-refractivity contribution in [2.24, 2.45) is 5.73 Å². The Morgan fingerprint density at radius 1 is 1.05 bits per heavy atom. The van der Waals surface area contributed by atoms with Crippen LogP contribution < -0.4 is 5.73 Å². The fourth-order valence-corrected chi connectivity index (χ4v) is 2.94. The first-order valence-electron chi connectivity index (χ1n) is 7.08. The molecule has 0 saturated heterocycles. The van der Waals surface area contributed by atoms with E-state index in [2.05, 4.69) is 39.0 Å². The van der Waals surface area contributed by atoms with E-state index in [0.29, 0.717) is 16.5 Å². The Kier molecular flexibility index (Phi) is 4.98. The Labute approximate surface area is 137 Å². The van der Waals surface area contributed by atoms with Gasteiger partial charge < -0.3 is 5.73 Å². The highest BCUT2D eigenvalue weighted by atomic mass is 35.5. The van der Waals surface area contributed by atoms with E-state index in [-0.39, 0.29) is 11.5 Å². The van der Waals surface area contributed by atoms with Gasteiger partial charge in [0.25, 0.3) is 0 Å². The lowest BCUT2D eigenvalue weighted by atomic mass is 9.81. The molecule has 2 rings (SSSR count). The highest BCUT2D eigenvalue weighted by molar-refractivity contribution is 6.33. The smallest absolute Gasteiger partial charge is 0.0439 e. The SMILES string of the molecule is CC(C)(C)c1ccccc1C(N)Cc1cc(Cl)ccc1Cl. The fourth-order valence-electron chi connectivity index (χ4n) is 2.55. The molecular formula is C18H21Cl2N. The molecule has 0 bridgehead atoms. The van der Waals surface area contributed by atoms with Crippen molar-refractivity contribution in [3.8, 4) is 0 Å². The van der Waals surface area contributed by atoms with Gasteiger partial charge in [0, 0.05) is 16.1 Å². The van der Waals surface area contributed by atoms with Gasteiger partial charge >= 0.3 is 0 Å². The summed E-state index contributed by atoms with van der Waals surface area (Å²) in [6, 6.07) is 13.7. The van der Waals surface area contributed by atoms with E-state index >= 15 is 0 Å². The maximum atomic E-state index is 6.44. The third-order valence-electron chi connectivity index (χ3n) is 3.62. The molecule has 0 aliphatic carbocycles. The third-order valence-corrected chi connectivity index (χ3v) is 4.22. The summed E-state index contributed by atoms with van der Waals surface area (Å²) in [6.07, 6.45) is 0.673. The van der Waals surface area contributed by atoms with Crippen LogP contribution in [-0.4, -0.2) is 0 Å². The molecule has 0 aliphatic heterocycles. The molecule has 1 nitrogen and oxygen atoms in total. The molecule has 1 unspecified atom stereocenters. The first-order chi connectivity index (χ1) is 9.79. The summed E-state index contributed by atoms with van der Waals surface area (Å²) >= 11 is 12.3. The summed E-state index contributed by atoms with van der Waals surface area (Å²) in [6.45, 7) is 6.60. The molecule has 0 radical (unpaired) electrons. The molecule has 21 heavy (non-hydrogen) atoms. The summed E-state index contributed by atoms with van der Waals surface area (Å²) in [5, 5.41) is 1.40. The van der Waals surface area contributed by atoms with E-state index in [1.54, 1.807) is 6.07 Å². The molecule has 0 aliphatic rings. The summed E-state index contributed by atoms with van der Waals surface area (Å²) in [5.41, 5.74) is 9.93. The van der Waals surface area contributed by atoms with Crippen molar-refractivity contribution in [1.82, 2.24) is 0 Å². The van der Waals surface area contributed by atoms with Crippen LogP contribution in [0.15, 0.2) is 42.5 Å². The zero-order chi connectivity index (χ0) is 15.6. The Hall–Kier alpha value is -1.02. The standard InChI is InChI=1S/C18H21Cl2N/c1-18(2,3)15-7-5-4-6-14(15)17(21)11-12-10-13(19)8-9-16(12)20/h4-10,17H,11,21H2,1-3H3. The molecule has 2 N–H and O–H groups in total. The van der Waals surface area contributed by atoms with Gasteiger partial charge in [0.2, 0.25) is 0 Å². The van der Waals surface area contributed by atoms with Crippen molar-refractivity contribution in [1.29, 1.82) is 0 Å². The molecule has 112 valence electrons. The predicted molar refractivity (Wildman–Crippen MR) is 92.2 cm³/mol. The zero-order valence-corrected chi connectivity index (χ0v) is 14.2. The lowest BCUT2D eigenvalue weighted by molar-refractivity contribution is 0.568. The topological polar surface area (TPSA) is 26.0 Å². The summed E-state index contributed by atoms with van der Waals surface area (Å²) in [5.74, 6) is 0. The summed E-state index contributed by atoms with van der Waals surface area (Å²) in [4.78, 5) is 0. The van der Waals surface area contributed by atoms with Crippen LogP contribution in [0.1, 0.15) is 43.5 Å². The Balaban J connectivity index is 2.33. The molecule has 0 saturated carbocycles. The highest BCUT2D eigenvalue weighted by Crippen LogP contribution is 2.31. The van der Waals surface area contributed by atoms with Gasteiger partial charge in [-0.25, -0.2) is 0 Å². The molecule has 0 heterocycles. The normalized spacial score (nSPS) is 13.2. The van der Waals surface area contributed by atoms with Gasteiger partial charge in [0.05, 0.1) is 0 Å². The Morgan fingerprint density at radius 3 is 2.38 bits per heavy atom. The van der Waals surface area contributed by atoms with Crippen LogP contribution in [0.4, 0.5) is 0 Å². The highest BCUT2D eigenvalue weighted by Gasteiger charge is 2.21. The van der Waals surface area contributed by atoms with Gasteiger partial charge in [0.15, 0.2) is 0 Å². The number of halogens is 2. The number of nitrogens with two attached hydrogens (primary N) is 1. The maximum absolute atomic E-state index is 6.44. The van der Waals surface area contributed by atoms with Gasteiger partial charge in [-0.05, 0) is 46.7 Å². The minimum absolute atomic E-state index is 0.0618. The molecule has 0 amide bonds. The second-order valence-corrected chi connectivity index (χ2v) is 7.23. The molecule has 2 aromatic rings. The van der Waals surface area contributed by atoms with E-state index in [1.807, 2.05) is 18.2 Å². The van der Waals surface area contributed by atoms with Crippen LogP contribution in [0.3, 0.4) is 0 Å². The van der Waals surface area contributed by atoms with Crippen LogP contribution in [0.25, 0.3) is 0 Å². The second kappa shape index (κ2) is 6.39. The summed E-state index contributed by atoms with van der Waals surface area (Å²) in [7, 11) is 0. The minimum atomic E-state index is -0.101. The van der Waals surface area contributed by atoms with Gasteiger partial charge in [-0.15, -0.1) is 0 Å². The van der Waals surface area contributed by atoms with Crippen molar-refractivity contribution in [3.05, 3.63) is 69.2 Å². The van der Waals surface area contributed by atoms with Crippen molar-refractivity contribution < 1.29 is 0 Å². The molecule has 0 aromatic heterocycles. The lowest BCUT2D eigenvalue weighted by Crippen LogP contribution is -2.21. The second-order valence-electron chi connectivity index (χ2n) is 6.38. The number of rotatable bonds is 3. The lowest BCUT2D eigenvalue weighted by Gasteiger charge is -2.26. The molecule has 3 heteroatoms. The first-order valence-corrected chi connectivity index (χ1v) is 7.83. The van der Waals surface area contributed by atoms with Gasteiger partial charge in [-0.2, -0.15) is 0 Å². The Morgan fingerprint density at radius 2 is 1.71 bits per heavy atom. The van der Waals surface area contributed by atoms with Crippen LogP contribution in [0.5, 0.6) is 0 Å². The Bertz CT molecular complexity index is 629. The molecule has 2 aromatic carbocycles. The molecule has 1 atom stereocenters. The van der Waals surface area contributed by atoms with E-state index in [1.165, 1.54) is 11.1 Å². The van der Waals surface area contributed by atoms with Crippen molar-refractivity contribution in [2.75, 3.05) is 0 Å². The van der Waals surface area contributed by atoms with Crippen molar-refractivity contribution >= 4 is 23.2 Å². The van der Waals surface area contributed by atoms with Crippen molar-refractivity contribution in [2.45, 2.75) is 38.6 Å². The molecule has 0 spiro atoms. The van der Waals surface area contributed by atoms with Gasteiger partial charge in [-0.1, -0.05) is 68.2 Å². The largest absolute Gasteiger partial charge is 0.324 e. The zero-order valence-electron chi connectivity index (χ0n) is 12.7. The van der Waals surface area contributed by atoms with E-state index < -0.39 is 0 Å². The van der Waals surface area contributed by atoms with Crippen LogP contribution in [-0.2, 0) is 11.8 Å². The number of hydrogen-bond donors (Lipinski definition) is 1.